The molecule has 2 bridgehead atoms. The summed E-state index contributed by atoms with van der Waals surface area (Å²) in [5.41, 5.74) is -1.54. The summed E-state index contributed by atoms with van der Waals surface area (Å²) in [6.07, 6.45) is 3.09. The van der Waals surface area contributed by atoms with Crippen molar-refractivity contribution in [2.24, 2.45) is 17.8 Å². The lowest BCUT2D eigenvalue weighted by atomic mass is 9.77. The van der Waals surface area contributed by atoms with Crippen LogP contribution in [-0.4, -0.2) is 131 Å². The van der Waals surface area contributed by atoms with Crippen molar-refractivity contribution in [1.82, 2.24) is 9.80 Å². The molecule has 294 valence electrons. The summed E-state index contributed by atoms with van der Waals surface area (Å²) in [6, 6.07) is 9.57. The largest absolute Gasteiger partial charge is 0.493 e. The van der Waals surface area contributed by atoms with Crippen LogP contribution in [0.2, 0.25) is 0 Å². The van der Waals surface area contributed by atoms with E-state index in [1.807, 2.05) is 71.8 Å². The van der Waals surface area contributed by atoms with Crippen molar-refractivity contribution >= 4 is 12.0 Å². The molecule has 0 amide bonds. The summed E-state index contributed by atoms with van der Waals surface area (Å²) in [4.78, 5) is 18.1. The molecule has 4 aliphatic heterocycles. The van der Waals surface area contributed by atoms with Crippen LogP contribution >= 0.6 is 0 Å². The maximum Gasteiger partial charge on any atom is 0.311 e. The van der Waals surface area contributed by atoms with E-state index in [9.17, 15) is 20.1 Å². The van der Waals surface area contributed by atoms with Gasteiger partial charge in [-0.05, 0) is 85.5 Å². The number of carbonyl (C=O) groups excluding carboxylic acids is 1. The summed E-state index contributed by atoms with van der Waals surface area (Å²) in [6.45, 7) is 16.5. The van der Waals surface area contributed by atoms with Gasteiger partial charge in [-0.15, -0.1) is 0 Å². The molecule has 1 aromatic rings. The first-order valence-electron chi connectivity index (χ1n) is 19.2. The Balaban J connectivity index is 1.83. The van der Waals surface area contributed by atoms with Gasteiger partial charge >= 0.3 is 5.97 Å². The normalized spacial score (nSPS) is 42.4. The van der Waals surface area contributed by atoms with E-state index in [1.54, 1.807) is 26.2 Å². The molecule has 3 N–H and O–H groups in total. The third kappa shape index (κ3) is 10.0. The van der Waals surface area contributed by atoms with Gasteiger partial charge < -0.3 is 43.9 Å². The molecule has 0 radical (unpaired) electrons. The lowest BCUT2D eigenvalue weighted by Crippen LogP contribution is -2.60. The number of aliphatic hydroxyl groups excluding tert-OH is 2. The molecule has 2 saturated heterocycles. The Morgan fingerprint density at radius 2 is 1.75 bits per heavy atom. The van der Waals surface area contributed by atoms with Crippen molar-refractivity contribution in [2.45, 2.75) is 141 Å². The zero-order chi connectivity index (χ0) is 38.4. The highest BCUT2D eigenvalue weighted by molar-refractivity contribution is 5.73. The molecule has 2 fully saturated rings. The van der Waals surface area contributed by atoms with Gasteiger partial charge in [-0.25, -0.2) is 0 Å². The minimum absolute atomic E-state index is 0.0232. The van der Waals surface area contributed by atoms with Gasteiger partial charge in [0.25, 0.3) is 0 Å². The van der Waals surface area contributed by atoms with Gasteiger partial charge in [-0.1, -0.05) is 63.3 Å². The summed E-state index contributed by atoms with van der Waals surface area (Å²) < 4.78 is 32.3. The van der Waals surface area contributed by atoms with E-state index in [4.69, 9.17) is 23.7 Å². The van der Waals surface area contributed by atoms with Crippen molar-refractivity contribution < 1.29 is 43.8 Å². The van der Waals surface area contributed by atoms with E-state index in [0.717, 1.165) is 5.56 Å². The molecule has 52 heavy (non-hydrogen) atoms. The zero-order valence-corrected chi connectivity index (χ0v) is 33.1. The van der Waals surface area contributed by atoms with Gasteiger partial charge in [0.1, 0.15) is 23.9 Å². The van der Waals surface area contributed by atoms with Gasteiger partial charge in [-0.3, -0.25) is 9.69 Å². The Bertz CT molecular complexity index is 1320. The highest BCUT2D eigenvalue weighted by Gasteiger charge is 2.51. The SMILES string of the molecule is CC[C@H]1OC(=O)C(C)C(O)[C@H](C)[C@@H](O[C@@H]2O[C@H](C)C[C@H](N(C)C)[C@H]2O)[C@@]2(C)C[C@@H](C)CN(C/C=C/c3ccccc3)[C@H](C)[C@@H](O/C=C/CO2)[C@]1(C)O. The van der Waals surface area contributed by atoms with Gasteiger partial charge in [0.15, 0.2) is 6.29 Å². The van der Waals surface area contributed by atoms with E-state index < -0.39 is 65.8 Å². The quantitative estimate of drug-likeness (QED) is 0.340. The van der Waals surface area contributed by atoms with Crippen LogP contribution in [0.3, 0.4) is 0 Å². The standard InChI is InChI=1S/C41H66N2O9/c1-11-33-41(8,47)37-30(6)43(20-15-19-31-17-13-12-14-18-31)25-26(2)24-40(7,49-22-16-21-48-37)36(28(4)34(44)29(5)38(46)51-33)52-39-35(45)32(42(9)10)23-27(3)50-39/h12-19,21,26-30,32-37,39,44-45,47H,11,20,22-25H2,1-10H3/b19-15+,21-16+/t26-,27-,28+,29?,30-,32+,33-,34?,35-,36-,37-,39+,40-,41-/m1/s1. The Morgan fingerprint density at radius 3 is 2.40 bits per heavy atom. The smallest absolute Gasteiger partial charge is 0.311 e. The summed E-state index contributed by atoms with van der Waals surface area (Å²) in [7, 11) is 3.85. The zero-order valence-electron chi connectivity index (χ0n) is 33.1. The molecule has 2 unspecified atom stereocenters. The van der Waals surface area contributed by atoms with Crippen LogP contribution < -0.4 is 0 Å². The fourth-order valence-corrected chi connectivity index (χ4v) is 8.50. The van der Waals surface area contributed by atoms with Crippen molar-refractivity contribution in [1.29, 1.82) is 0 Å². The molecule has 11 nitrogen and oxygen atoms in total. The lowest BCUT2D eigenvalue weighted by Gasteiger charge is -2.48. The van der Waals surface area contributed by atoms with Crippen LogP contribution in [-0.2, 0) is 28.5 Å². The highest BCUT2D eigenvalue weighted by Crippen LogP contribution is 2.39. The lowest BCUT2D eigenvalue weighted by molar-refractivity contribution is -0.303. The Labute approximate surface area is 311 Å². The van der Waals surface area contributed by atoms with Gasteiger partial charge in [0.2, 0.25) is 0 Å². The van der Waals surface area contributed by atoms with Crippen LogP contribution in [0.25, 0.3) is 6.08 Å². The monoisotopic (exact) mass is 730 g/mol. The van der Waals surface area contributed by atoms with Crippen LogP contribution in [0, 0.1) is 17.8 Å². The van der Waals surface area contributed by atoms with Crippen LogP contribution in [0.4, 0.5) is 0 Å². The van der Waals surface area contributed by atoms with Gasteiger partial charge in [0, 0.05) is 31.1 Å². The van der Waals surface area contributed by atoms with Gasteiger partial charge in [0.05, 0.1) is 42.7 Å². The average molecular weight is 731 g/mol. The topological polar surface area (TPSA) is 130 Å². The molecule has 0 saturated carbocycles. The van der Waals surface area contributed by atoms with Crippen molar-refractivity contribution in [2.75, 3.05) is 33.8 Å². The third-order valence-corrected chi connectivity index (χ3v) is 11.5. The number of esters is 1. The Kier molecular flexibility index (Phi) is 14.9. The number of rotatable bonds is 7. The maximum absolute atomic E-state index is 13.8. The molecule has 0 aliphatic carbocycles. The van der Waals surface area contributed by atoms with E-state index in [1.165, 1.54) is 0 Å². The molecule has 5 rings (SSSR count). The number of carbonyl (C=O) groups is 1. The second-order valence-electron chi connectivity index (χ2n) is 16.2. The number of benzene rings is 1. The van der Waals surface area contributed by atoms with E-state index in [0.29, 0.717) is 32.4 Å². The number of hydrogen-bond donors (Lipinski definition) is 3. The molecule has 14 atom stereocenters. The summed E-state index contributed by atoms with van der Waals surface area (Å²) >= 11 is 0. The molecular weight excluding hydrogens is 664 g/mol. The number of ether oxygens (including phenoxy) is 5. The molecular formula is C41H66N2O9. The van der Waals surface area contributed by atoms with E-state index in [2.05, 4.69) is 36.1 Å². The second-order valence-corrected chi connectivity index (χ2v) is 16.2. The minimum atomic E-state index is -1.60. The maximum atomic E-state index is 13.8. The van der Waals surface area contributed by atoms with Crippen molar-refractivity contribution in [3.63, 3.8) is 0 Å². The number of hydrogen-bond acceptors (Lipinski definition) is 11. The first kappa shape index (κ1) is 42.4. The Morgan fingerprint density at radius 1 is 1.06 bits per heavy atom. The average Bonchev–Trinajstić information content (AvgIpc) is 3.09. The molecule has 11 heteroatoms. The minimum Gasteiger partial charge on any atom is -0.493 e. The van der Waals surface area contributed by atoms with Gasteiger partial charge in [-0.2, -0.15) is 0 Å². The summed E-state index contributed by atoms with van der Waals surface area (Å²) in [5, 5.41) is 35.8. The first-order chi connectivity index (χ1) is 24.5. The molecule has 4 aliphatic rings. The first-order valence-corrected chi connectivity index (χ1v) is 19.2. The fraction of sp³-hybridized carbons (Fsp3) is 0.732. The van der Waals surface area contributed by atoms with Crippen LogP contribution in [0.15, 0.2) is 48.7 Å². The van der Waals surface area contributed by atoms with Crippen molar-refractivity contribution in [3.05, 3.63) is 54.3 Å². The highest BCUT2D eigenvalue weighted by atomic mass is 16.7. The number of likely N-dealkylation sites (N-methyl/N-ethyl adjacent to an activating group) is 1. The van der Waals surface area contributed by atoms with E-state index in [-0.39, 0.29) is 30.7 Å². The predicted molar refractivity (Wildman–Crippen MR) is 201 cm³/mol. The third-order valence-electron chi connectivity index (χ3n) is 11.5. The molecule has 0 spiro atoms. The van der Waals surface area contributed by atoms with Crippen molar-refractivity contribution in [3.8, 4) is 0 Å². The Hall–Kier alpha value is -2.35. The van der Waals surface area contributed by atoms with E-state index >= 15 is 0 Å². The van der Waals surface area contributed by atoms with Crippen LogP contribution in [0.5, 0.6) is 0 Å². The fourth-order valence-electron chi connectivity index (χ4n) is 8.50. The molecule has 1 aromatic carbocycles. The summed E-state index contributed by atoms with van der Waals surface area (Å²) in [5.74, 6) is -2.25. The number of nitrogens with zero attached hydrogens (tertiary/aromatic N) is 2. The number of fused-ring (bicyclic) bond motifs is 14. The number of aliphatic hydroxyl groups is 3. The second kappa shape index (κ2) is 18.3. The van der Waals surface area contributed by atoms with Crippen LogP contribution in [0.1, 0.15) is 80.2 Å². The molecule has 4 heterocycles. The predicted octanol–water partition coefficient (Wildman–Crippen LogP) is 4.64. The molecule has 0 aromatic heterocycles.